The molecule has 1 fully saturated rings. The molecule has 1 amide bonds. The zero-order valence-electron chi connectivity index (χ0n) is 15.8. The monoisotopic (exact) mass is 365 g/mol. The number of nitrogens with zero attached hydrogens (tertiary/aromatic N) is 3. The molecule has 3 heterocycles. The highest BCUT2D eigenvalue weighted by atomic mass is 16.5. The minimum atomic E-state index is -0.116. The van der Waals surface area contributed by atoms with Crippen molar-refractivity contribution in [1.29, 1.82) is 0 Å². The number of pyridine rings is 1. The van der Waals surface area contributed by atoms with Gasteiger partial charge in [0.25, 0.3) is 11.6 Å². The van der Waals surface area contributed by atoms with E-state index in [4.69, 9.17) is 9.26 Å². The smallest absolute Gasteiger partial charge is 0.259 e. The topological polar surface area (TPSA) is 68.5 Å². The van der Waals surface area contributed by atoms with E-state index in [1.54, 1.807) is 0 Å². The summed E-state index contributed by atoms with van der Waals surface area (Å²) in [7, 11) is 0. The van der Waals surface area contributed by atoms with Gasteiger partial charge in [0.1, 0.15) is 6.10 Å². The maximum Gasteiger partial charge on any atom is 0.259 e. The Labute approximate surface area is 158 Å². The van der Waals surface area contributed by atoms with E-state index in [0.29, 0.717) is 42.1 Å². The van der Waals surface area contributed by atoms with Crippen molar-refractivity contribution in [3.05, 3.63) is 58.9 Å². The van der Waals surface area contributed by atoms with Gasteiger partial charge in [0.05, 0.1) is 29.8 Å². The lowest BCUT2D eigenvalue weighted by Gasteiger charge is -2.33. The van der Waals surface area contributed by atoms with E-state index in [1.807, 2.05) is 62.1 Å². The van der Waals surface area contributed by atoms with Gasteiger partial charge >= 0.3 is 0 Å². The first-order valence-corrected chi connectivity index (χ1v) is 9.27. The van der Waals surface area contributed by atoms with Crippen molar-refractivity contribution in [2.24, 2.45) is 0 Å². The van der Waals surface area contributed by atoms with Crippen LogP contribution in [0.2, 0.25) is 0 Å². The second-order valence-corrected chi connectivity index (χ2v) is 7.22. The van der Waals surface area contributed by atoms with Crippen molar-refractivity contribution in [2.75, 3.05) is 19.7 Å². The second kappa shape index (κ2) is 7.12. The molecular formula is C21H23N3O3. The summed E-state index contributed by atoms with van der Waals surface area (Å²) in [5.74, 6) is 0.160. The highest BCUT2D eigenvalue weighted by Crippen LogP contribution is 2.28. The zero-order chi connectivity index (χ0) is 19.0. The van der Waals surface area contributed by atoms with Crippen molar-refractivity contribution in [1.82, 2.24) is 15.0 Å². The van der Waals surface area contributed by atoms with Crippen LogP contribution in [0, 0.1) is 6.92 Å². The normalized spacial score (nSPS) is 17.6. The Morgan fingerprint density at radius 1 is 1.26 bits per heavy atom. The SMILES string of the molecule is Cc1noc2nc(C(C)C)cc(C(=O)N3CCOC(c4ccccc4)C3)c12. The first-order valence-electron chi connectivity index (χ1n) is 9.27. The molecule has 0 radical (unpaired) electrons. The number of aryl methyl sites for hydroxylation is 1. The minimum Gasteiger partial charge on any atom is -0.370 e. The van der Waals surface area contributed by atoms with E-state index in [2.05, 4.69) is 10.1 Å². The quantitative estimate of drug-likeness (QED) is 0.705. The lowest BCUT2D eigenvalue weighted by molar-refractivity contribution is -0.0227. The van der Waals surface area contributed by atoms with Crippen molar-refractivity contribution in [3.63, 3.8) is 0 Å². The molecule has 1 saturated heterocycles. The molecule has 1 aliphatic rings. The number of ether oxygens (including phenoxy) is 1. The molecule has 0 N–H and O–H groups in total. The van der Waals surface area contributed by atoms with Gasteiger partial charge in [0.15, 0.2) is 0 Å². The molecule has 1 aromatic carbocycles. The fourth-order valence-electron chi connectivity index (χ4n) is 3.45. The van der Waals surface area contributed by atoms with Crippen LogP contribution in [-0.4, -0.2) is 40.6 Å². The van der Waals surface area contributed by atoms with Gasteiger partial charge in [-0.25, -0.2) is 4.98 Å². The van der Waals surface area contributed by atoms with E-state index in [0.717, 1.165) is 11.3 Å². The van der Waals surface area contributed by atoms with Gasteiger partial charge in [-0.05, 0) is 24.5 Å². The van der Waals surface area contributed by atoms with Crippen LogP contribution in [0.5, 0.6) is 0 Å². The maximum atomic E-state index is 13.4. The van der Waals surface area contributed by atoms with Gasteiger partial charge in [-0.2, -0.15) is 0 Å². The van der Waals surface area contributed by atoms with Gasteiger partial charge in [0, 0.05) is 12.2 Å². The summed E-state index contributed by atoms with van der Waals surface area (Å²) in [4.78, 5) is 19.8. The summed E-state index contributed by atoms with van der Waals surface area (Å²) in [5, 5.41) is 4.72. The molecule has 0 bridgehead atoms. The Bertz CT molecular complexity index is 965. The summed E-state index contributed by atoms with van der Waals surface area (Å²) in [6.07, 6.45) is -0.116. The number of hydrogen-bond donors (Lipinski definition) is 0. The summed E-state index contributed by atoms with van der Waals surface area (Å²) >= 11 is 0. The standard InChI is InChI=1S/C21H23N3O3/c1-13(2)17-11-16(19-14(3)23-27-20(19)22-17)21(25)24-9-10-26-18(12-24)15-7-5-4-6-8-15/h4-8,11,13,18H,9-10,12H2,1-3H3. The summed E-state index contributed by atoms with van der Waals surface area (Å²) in [6.45, 7) is 7.53. The largest absolute Gasteiger partial charge is 0.370 e. The van der Waals surface area contributed by atoms with Crippen LogP contribution < -0.4 is 0 Å². The first-order chi connectivity index (χ1) is 13.0. The summed E-state index contributed by atoms with van der Waals surface area (Å²) in [5.41, 5.74) is 3.63. The second-order valence-electron chi connectivity index (χ2n) is 7.22. The van der Waals surface area contributed by atoms with Crippen molar-refractivity contribution >= 4 is 17.0 Å². The number of carbonyl (C=O) groups excluding carboxylic acids is 1. The average molecular weight is 365 g/mol. The van der Waals surface area contributed by atoms with Gasteiger partial charge in [-0.15, -0.1) is 0 Å². The fraction of sp³-hybridized carbons (Fsp3) is 0.381. The van der Waals surface area contributed by atoms with E-state index in [9.17, 15) is 4.79 Å². The van der Waals surface area contributed by atoms with Crippen LogP contribution in [0.3, 0.4) is 0 Å². The third-order valence-corrected chi connectivity index (χ3v) is 4.98. The number of fused-ring (bicyclic) bond motifs is 1. The molecule has 140 valence electrons. The molecule has 0 aliphatic carbocycles. The van der Waals surface area contributed by atoms with Crippen LogP contribution >= 0.6 is 0 Å². The third kappa shape index (κ3) is 3.32. The number of carbonyl (C=O) groups is 1. The van der Waals surface area contributed by atoms with Crippen LogP contribution in [0.1, 0.15) is 53.2 Å². The van der Waals surface area contributed by atoms with Crippen LogP contribution in [0.4, 0.5) is 0 Å². The van der Waals surface area contributed by atoms with Crippen LogP contribution in [0.15, 0.2) is 40.9 Å². The lowest BCUT2D eigenvalue weighted by atomic mass is 10.0. The maximum absolute atomic E-state index is 13.4. The molecule has 6 nitrogen and oxygen atoms in total. The highest BCUT2D eigenvalue weighted by molar-refractivity contribution is 6.06. The molecule has 2 aromatic heterocycles. The molecule has 4 rings (SSSR count). The number of benzene rings is 1. The van der Waals surface area contributed by atoms with Gasteiger partial charge < -0.3 is 14.2 Å². The van der Waals surface area contributed by atoms with Gasteiger partial charge in [-0.3, -0.25) is 4.79 Å². The molecule has 27 heavy (non-hydrogen) atoms. The number of aromatic nitrogens is 2. The molecule has 6 heteroatoms. The molecule has 3 aromatic rings. The Balaban J connectivity index is 1.69. The zero-order valence-corrected chi connectivity index (χ0v) is 15.8. The molecule has 0 spiro atoms. The number of morpholine rings is 1. The van der Waals surface area contributed by atoms with Crippen LogP contribution in [-0.2, 0) is 4.74 Å². The van der Waals surface area contributed by atoms with Crippen molar-refractivity contribution in [3.8, 4) is 0 Å². The molecule has 1 aliphatic heterocycles. The number of hydrogen-bond acceptors (Lipinski definition) is 5. The summed E-state index contributed by atoms with van der Waals surface area (Å²) in [6, 6.07) is 11.9. The number of amides is 1. The predicted molar refractivity (Wildman–Crippen MR) is 102 cm³/mol. The molecular weight excluding hydrogens is 342 g/mol. The first kappa shape index (κ1) is 17.7. The van der Waals surface area contributed by atoms with E-state index >= 15 is 0 Å². The Morgan fingerprint density at radius 3 is 2.78 bits per heavy atom. The Hall–Kier alpha value is -2.73. The molecule has 0 saturated carbocycles. The minimum absolute atomic E-state index is 0.0279. The van der Waals surface area contributed by atoms with Crippen molar-refractivity contribution in [2.45, 2.75) is 32.8 Å². The van der Waals surface area contributed by atoms with Crippen LogP contribution in [0.25, 0.3) is 11.1 Å². The van der Waals surface area contributed by atoms with Gasteiger partial charge in [-0.1, -0.05) is 49.3 Å². The van der Waals surface area contributed by atoms with E-state index < -0.39 is 0 Å². The predicted octanol–water partition coefficient (Wildman–Crippen LogP) is 3.87. The highest BCUT2D eigenvalue weighted by Gasteiger charge is 2.29. The fourth-order valence-corrected chi connectivity index (χ4v) is 3.45. The van der Waals surface area contributed by atoms with Crippen molar-refractivity contribution < 1.29 is 14.1 Å². The summed E-state index contributed by atoms with van der Waals surface area (Å²) < 4.78 is 11.3. The lowest BCUT2D eigenvalue weighted by Crippen LogP contribution is -2.42. The average Bonchev–Trinajstić information content (AvgIpc) is 3.08. The van der Waals surface area contributed by atoms with E-state index in [1.165, 1.54) is 0 Å². The van der Waals surface area contributed by atoms with Gasteiger partial charge in [0.2, 0.25) is 0 Å². The third-order valence-electron chi connectivity index (χ3n) is 4.98. The molecule has 1 atom stereocenters. The Kier molecular flexibility index (Phi) is 4.66. The molecule has 1 unspecified atom stereocenters. The number of rotatable bonds is 3. The Morgan fingerprint density at radius 2 is 2.04 bits per heavy atom. The van der Waals surface area contributed by atoms with E-state index in [-0.39, 0.29) is 17.9 Å².